The highest BCUT2D eigenvalue weighted by Gasteiger charge is 2.19. The molecule has 0 atom stereocenters. The minimum Gasteiger partial charge on any atom is -0.462 e. The fourth-order valence-corrected chi connectivity index (χ4v) is 3.39. The van der Waals surface area contributed by atoms with Crippen LogP contribution in [-0.4, -0.2) is 24.1 Å². The largest absolute Gasteiger partial charge is 0.462 e. The van der Waals surface area contributed by atoms with E-state index in [1.807, 2.05) is 0 Å². The number of carbonyl (C=O) groups is 2. The lowest BCUT2D eigenvalue weighted by Crippen LogP contribution is -2.14. The van der Waals surface area contributed by atoms with E-state index in [1.54, 1.807) is 0 Å². The fraction of sp³-hybridized carbons (Fsp3) is 0.889. The fourth-order valence-electron chi connectivity index (χ4n) is 3.39. The average Bonchev–Trinajstić information content (AvgIpc) is 3.16. The average molecular weight is 310 g/mol. The van der Waals surface area contributed by atoms with E-state index in [2.05, 4.69) is 0 Å². The Morgan fingerprint density at radius 3 is 1.36 bits per heavy atom. The molecule has 2 aliphatic carbocycles. The minimum absolute atomic E-state index is 0.0486. The van der Waals surface area contributed by atoms with Crippen molar-refractivity contribution in [2.24, 2.45) is 0 Å². The smallest absolute Gasteiger partial charge is 0.306 e. The van der Waals surface area contributed by atoms with Gasteiger partial charge in [-0.05, 0) is 64.2 Å². The molecule has 0 aliphatic heterocycles. The van der Waals surface area contributed by atoms with Crippen LogP contribution in [0.15, 0.2) is 0 Å². The Morgan fingerprint density at radius 1 is 0.636 bits per heavy atom. The highest BCUT2D eigenvalue weighted by molar-refractivity contribution is 5.70. The van der Waals surface area contributed by atoms with E-state index in [0.29, 0.717) is 12.8 Å². The molecule has 2 saturated carbocycles. The van der Waals surface area contributed by atoms with Gasteiger partial charge in [-0.15, -0.1) is 0 Å². The number of rotatable bonds is 9. The van der Waals surface area contributed by atoms with E-state index >= 15 is 0 Å². The first-order valence-electron chi connectivity index (χ1n) is 9.13. The summed E-state index contributed by atoms with van der Waals surface area (Å²) in [6, 6.07) is 0. The molecule has 2 fully saturated rings. The molecule has 2 aliphatic rings. The summed E-state index contributed by atoms with van der Waals surface area (Å²) in [5, 5.41) is 0. The van der Waals surface area contributed by atoms with Crippen molar-refractivity contribution in [2.75, 3.05) is 0 Å². The number of hydrogen-bond donors (Lipinski definition) is 0. The lowest BCUT2D eigenvalue weighted by molar-refractivity contribution is -0.150. The third-order valence-corrected chi connectivity index (χ3v) is 4.71. The maximum absolute atomic E-state index is 11.6. The third kappa shape index (κ3) is 6.80. The van der Waals surface area contributed by atoms with Crippen LogP contribution >= 0.6 is 0 Å². The highest BCUT2D eigenvalue weighted by atomic mass is 16.5. The van der Waals surface area contributed by atoms with E-state index in [4.69, 9.17) is 9.47 Å². The van der Waals surface area contributed by atoms with Crippen molar-refractivity contribution in [1.82, 2.24) is 0 Å². The minimum atomic E-state index is -0.0486. The summed E-state index contributed by atoms with van der Waals surface area (Å²) in [5.74, 6) is -0.0971. The van der Waals surface area contributed by atoms with Gasteiger partial charge in [-0.2, -0.15) is 0 Å². The van der Waals surface area contributed by atoms with E-state index in [-0.39, 0.29) is 24.1 Å². The maximum atomic E-state index is 11.6. The van der Waals surface area contributed by atoms with Crippen molar-refractivity contribution in [1.29, 1.82) is 0 Å². The molecule has 2 rings (SSSR count). The van der Waals surface area contributed by atoms with Crippen LogP contribution in [0.4, 0.5) is 0 Å². The van der Waals surface area contributed by atoms with Crippen LogP contribution in [0.1, 0.15) is 89.9 Å². The van der Waals surface area contributed by atoms with Crippen LogP contribution in [0.25, 0.3) is 0 Å². The molecule has 0 N–H and O–H groups in total. The molecule has 0 amide bonds. The van der Waals surface area contributed by atoms with Crippen molar-refractivity contribution in [3.05, 3.63) is 0 Å². The predicted octanol–water partition coefficient (Wildman–Crippen LogP) is 4.30. The normalized spacial score (nSPS) is 19.5. The van der Waals surface area contributed by atoms with Crippen molar-refractivity contribution < 1.29 is 19.1 Å². The summed E-state index contributed by atoms with van der Waals surface area (Å²) in [4.78, 5) is 23.3. The Bertz CT molecular complexity index is 307. The Labute approximate surface area is 133 Å². The van der Waals surface area contributed by atoms with Crippen LogP contribution < -0.4 is 0 Å². The molecular formula is C18H30O4. The number of carbonyl (C=O) groups excluding carboxylic acids is 2. The van der Waals surface area contributed by atoms with E-state index < -0.39 is 0 Å². The molecule has 0 unspecified atom stereocenters. The number of ether oxygens (including phenoxy) is 2. The van der Waals surface area contributed by atoms with Gasteiger partial charge in [0.1, 0.15) is 12.2 Å². The Morgan fingerprint density at radius 2 is 1.00 bits per heavy atom. The second-order valence-electron chi connectivity index (χ2n) is 6.71. The lowest BCUT2D eigenvalue weighted by Gasteiger charge is -2.11. The Kier molecular flexibility index (Phi) is 7.75. The first-order valence-corrected chi connectivity index (χ1v) is 9.13. The summed E-state index contributed by atoms with van der Waals surface area (Å²) in [5.41, 5.74) is 0. The maximum Gasteiger partial charge on any atom is 0.306 e. The van der Waals surface area contributed by atoms with Gasteiger partial charge in [0.25, 0.3) is 0 Å². The second kappa shape index (κ2) is 9.86. The molecule has 0 saturated heterocycles. The molecule has 0 heterocycles. The van der Waals surface area contributed by atoms with Gasteiger partial charge >= 0.3 is 11.9 Å². The van der Waals surface area contributed by atoms with Gasteiger partial charge < -0.3 is 9.47 Å². The second-order valence-corrected chi connectivity index (χ2v) is 6.71. The quantitative estimate of drug-likeness (QED) is 0.470. The van der Waals surface area contributed by atoms with E-state index in [1.165, 1.54) is 25.7 Å². The van der Waals surface area contributed by atoms with Gasteiger partial charge in [0, 0.05) is 12.8 Å². The first-order chi connectivity index (χ1) is 10.7. The number of unbranched alkanes of at least 4 members (excludes halogenated alkanes) is 3. The lowest BCUT2D eigenvalue weighted by atomic mass is 10.1. The molecule has 0 spiro atoms. The molecule has 0 aromatic heterocycles. The van der Waals surface area contributed by atoms with Crippen LogP contribution in [0.5, 0.6) is 0 Å². The van der Waals surface area contributed by atoms with Gasteiger partial charge in [-0.1, -0.05) is 12.8 Å². The SMILES string of the molecule is O=C(CCCCCCC(=O)OC1CCCC1)OC1CCCC1. The predicted molar refractivity (Wildman–Crippen MR) is 84.4 cm³/mol. The van der Waals surface area contributed by atoms with Gasteiger partial charge in [0.15, 0.2) is 0 Å². The van der Waals surface area contributed by atoms with Gasteiger partial charge in [-0.3, -0.25) is 9.59 Å². The molecule has 22 heavy (non-hydrogen) atoms. The summed E-state index contributed by atoms with van der Waals surface area (Å²) in [6.45, 7) is 0. The summed E-state index contributed by atoms with van der Waals surface area (Å²) in [6.07, 6.45) is 14.0. The molecular weight excluding hydrogens is 280 g/mol. The zero-order valence-corrected chi connectivity index (χ0v) is 13.7. The molecule has 4 nitrogen and oxygen atoms in total. The monoisotopic (exact) mass is 310 g/mol. The first kappa shape index (κ1) is 17.3. The topological polar surface area (TPSA) is 52.6 Å². The number of esters is 2. The Balaban J connectivity index is 1.40. The molecule has 4 heteroatoms. The van der Waals surface area contributed by atoms with Gasteiger partial charge in [0.2, 0.25) is 0 Å². The molecule has 126 valence electrons. The van der Waals surface area contributed by atoms with E-state index in [9.17, 15) is 9.59 Å². The van der Waals surface area contributed by atoms with Crippen molar-refractivity contribution in [3.8, 4) is 0 Å². The zero-order chi connectivity index (χ0) is 15.6. The Hall–Kier alpha value is -1.06. The van der Waals surface area contributed by atoms with Gasteiger partial charge in [-0.25, -0.2) is 0 Å². The van der Waals surface area contributed by atoms with Crippen molar-refractivity contribution in [3.63, 3.8) is 0 Å². The molecule has 0 aromatic carbocycles. The van der Waals surface area contributed by atoms with Gasteiger partial charge in [0.05, 0.1) is 0 Å². The molecule has 0 bridgehead atoms. The third-order valence-electron chi connectivity index (χ3n) is 4.71. The summed E-state index contributed by atoms with van der Waals surface area (Å²) in [7, 11) is 0. The van der Waals surface area contributed by atoms with Crippen LogP contribution in [-0.2, 0) is 19.1 Å². The zero-order valence-electron chi connectivity index (χ0n) is 13.7. The van der Waals surface area contributed by atoms with Crippen LogP contribution in [0.2, 0.25) is 0 Å². The molecule has 0 radical (unpaired) electrons. The standard InChI is InChI=1S/C18H30O4/c19-17(21-15-9-5-6-10-15)13-3-1-2-4-14-18(20)22-16-11-7-8-12-16/h15-16H,1-14H2. The summed E-state index contributed by atoms with van der Waals surface area (Å²) >= 11 is 0. The highest BCUT2D eigenvalue weighted by Crippen LogP contribution is 2.22. The van der Waals surface area contributed by atoms with Crippen molar-refractivity contribution in [2.45, 2.75) is 102 Å². The van der Waals surface area contributed by atoms with Crippen molar-refractivity contribution >= 4 is 11.9 Å². The van der Waals surface area contributed by atoms with E-state index in [0.717, 1.165) is 51.4 Å². The van der Waals surface area contributed by atoms with Crippen LogP contribution in [0.3, 0.4) is 0 Å². The number of hydrogen-bond acceptors (Lipinski definition) is 4. The summed E-state index contributed by atoms with van der Waals surface area (Å²) < 4.78 is 10.8. The van der Waals surface area contributed by atoms with Crippen LogP contribution in [0, 0.1) is 0 Å². The molecule has 0 aromatic rings.